The molecule has 0 radical (unpaired) electrons. The van der Waals surface area contributed by atoms with Crippen LogP contribution in [0.25, 0.3) is 0 Å². The van der Waals surface area contributed by atoms with Crippen LogP contribution in [0.3, 0.4) is 0 Å². The van der Waals surface area contributed by atoms with Crippen molar-refractivity contribution in [3.05, 3.63) is 11.0 Å². The Hall–Kier alpha value is -0.243. The van der Waals surface area contributed by atoms with Crippen LogP contribution in [0.1, 0.15) is 25.7 Å². The summed E-state index contributed by atoms with van der Waals surface area (Å²) in [4.78, 5) is 0. The van der Waals surface area contributed by atoms with Gasteiger partial charge in [-0.2, -0.15) is 0 Å². The lowest BCUT2D eigenvalue weighted by molar-refractivity contribution is 0.313. The molecule has 80 valence electrons. The van der Waals surface area contributed by atoms with Gasteiger partial charge in [0.15, 0.2) is 0 Å². The monoisotopic (exact) mass is 210 g/mol. The summed E-state index contributed by atoms with van der Waals surface area (Å²) in [6.07, 6.45) is 5.73. The maximum atomic E-state index is 5.67. The molecule has 1 nitrogen and oxygen atoms in total. The maximum absolute atomic E-state index is 5.67. The molecule has 0 aromatic carbocycles. The summed E-state index contributed by atoms with van der Waals surface area (Å²) in [7, 11) is 0.648. The minimum absolute atomic E-state index is 0.922. The molecule has 0 aromatic rings. The quantitative estimate of drug-likeness (QED) is 0.500. The number of methoxy groups -OCH3 is 1. The summed E-state index contributed by atoms with van der Waals surface area (Å²) in [5.41, 5.74) is 1.71. The summed E-state index contributed by atoms with van der Waals surface area (Å²) < 4.78 is 5.67. The first-order valence-electron chi connectivity index (χ1n) is 5.84. The third kappa shape index (κ3) is 1.65. The van der Waals surface area contributed by atoms with Crippen LogP contribution >= 0.6 is 0 Å². The van der Waals surface area contributed by atoms with Crippen LogP contribution in [0.5, 0.6) is 0 Å². The minimum atomic E-state index is -1.22. The van der Waals surface area contributed by atoms with Crippen molar-refractivity contribution in [3.63, 3.8) is 0 Å². The molecule has 14 heavy (non-hydrogen) atoms. The van der Waals surface area contributed by atoms with Gasteiger partial charge < -0.3 is 4.74 Å². The number of fused-ring (bicyclic) bond motifs is 1. The molecule has 2 heteroatoms. The predicted octanol–water partition coefficient (Wildman–Crippen LogP) is 3.58. The fourth-order valence-electron chi connectivity index (χ4n) is 3.01. The minimum Gasteiger partial charge on any atom is -0.506 e. The van der Waals surface area contributed by atoms with Crippen LogP contribution in [0.4, 0.5) is 0 Å². The van der Waals surface area contributed by atoms with Gasteiger partial charge in [0.1, 0.15) is 8.07 Å². The molecule has 2 rings (SSSR count). The fraction of sp³-hybridized carbons (Fsp3) is 0.833. The van der Waals surface area contributed by atoms with Gasteiger partial charge in [-0.3, -0.25) is 0 Å². The molecule has 2 aliphatic carbocycles. The van der Waals surface area contributed by atoms with Crippen molar-refractivity contribution in [3.8, 4) is 0 Å². The molecule has 0 saturated heterocycles. The largest absolute Gasteiger partial charge is 0.506 e. The van der Waals surface area contributed by atoms with Gasteiger partial charge in [-0.15, -0.1) is 0 Å². The zero-order valence-electron chi connectivity index (χ0n) is 9.89. The van der Waals surface area contributed by atoms with E-state index in [9.17, 15) is 0 Å². The summed E-state index contributed by atoms with van der Waals surface area (Å²) in [5.74, 6) is 1.84. The van der Waals surface area contributed by atoms with Crippen molar-refractivity contribution in [1.29, 1.82) is 0 Å². The summed E-state index contributed by atoms with van der Waals surface area (Å²) in [5, 5.41) is 1.41. The normalized spacial score (nSPS) is 31.0. The summed E-state index contributed by atoms with van der Waals surface area (Å²) in [6, 6.07) is 0. The Morgan fingerprint density at radius 3 is 2.00 bits per heavy atom. The molecule has 0 aromatic heterocycles. The highest BCUT2D eigenvalue weighted by Crippen LogP contribution is 2.57. The van der Waals surface area contributed by atoms with Gasteiger partial charge in [-0.25, -0.2) is 0 Å². The van der Waals surface area contributed by atoms with Crippen molar-refractivity contribution in [2.75, 3.05) is 7.11 Å². The van der Waals surface area contributed by atoms with Crippen molar-refractivity contribution in [2.24, 2.45) is 11.8 Å². The van der Waals surface area contributed by atoms with E-state index < -0.39 is 8.07 Å². The van der Waals surface area contributed by atoms with E-state index in [1.165, 1.54) is 31.1 Å². The second kappa shape index (κ2) is 3.40. The smallest absolute Gasteiger partial charge is 0.122 e. The fourth-order valence-corrected chi connectivity index (χ4v) is 4.86. The zero-order valence-corrected chi connectivity index (χ0v) is 10.9. The molecule has 2 aliphatic rings. The summed E-state index contributed by atoms with van der Waals surface area (Å²) >= 11 is 0. The van der Waals surface area contributed by atoms with Crippen LogP contribution in [0.2, 0.25) is 19.6 Å². The van der Waals surface area contributed by atoms with Crippen LogP contribution in [0, 0.1) is 11.8 Å². The lowest BCUT2D eigenvalue weighted by Crippen LogP contribution is -2.25. The second-order valence-corrected chi connectivity index (χ2v) is 10.7. The second-order valence-electron chi connectivity index (χ2n) is 5.74. The van der Waals surface area contributed by atoms with Gasteiger partial charge in [-0.1, -0.05) is 32.5 Å². The molecule has 0 amide bonds. The van der Waals surface area contributed by atoms with Gasteiger partial charge in [0.2, 0.25) is 0 Å². The first-order chi connectivity index (χ1) is 6.55. The zero-order chi connectivity index (χ0) is 10.3. The average molecular weight is 210 g/mol. The Bertz CT molecular complexity index is 248. The molecule has 2 saturated carbocycles. The molecule has 2 fully saturated rings. The van der Waals surface area contributed by atoms with E-state index in [4.69, 9.17) is 4.74 Å². The van der Waals surface area contributed by atoms with Crippen molar-refractivity contribution < 1.29 is 4.74 Å². The number of hydrogen-bond acceptors (Lipinski definition) is 1. The molecular weight excluding hydrogens is 188 g/mol. The highest BCUT2D eigenvalue weighted by molar-refractivity contribution is 6.82. The number of rotatable bonds is 2. The molecule has 0 bridgehead atoms. The SMILES string of the molecule is COC(=C1C2CCCCC12)[Si](C)(C)C. The van der Waals surface area contributed by atoms with E-state index in [0.717, 1.165) is 11.8 Å². The highest BCUT2D eigenvalue weighted by atomic mass is 28.3. The molecule has 0 spiro atoms. The number of ether oxygens (including phenoxy) is 1. The molecule has 0 aliphatic heterocycles. The standard InChI is InChI=1S/C12H22OSi/c1-13-12(14(2,3)4)11-9-7-5-6-8-10(9)11/h9-10H,5-8H2,1-4H3. The van der Waals surface area contributed by atoms with Crippen LogP contribution in [-0.2, 0) is 4.74 Å². The van der Waals surface area contributed by atoms with E-state index in [-0.39, 0.29) is 0 Å². The molecule has 0 heterocycles. The first kappa shape index (κ1) is 10.3. The number of hydrogen-bond donors (Lipinski definition) is 0. The maximum Gasteiger partial charge on any atom is 0.122 e. The van der Waals surface area contributed by atoms with Crippen molar-refractivity contribution in [2.45, 2.75) is 45.3 Å². The Morgan fingerprint density at radius 1 is 1.14 bits per heavy atom. The highest BCUT2D eigenvalue weighted by Gasteiger charge is 2.49. The lowest BCUT2D eigenvalue weighted by atomic mass is 10.0. The van der Waals surface area contributed by atoms with E-state index in [0.29, 0.717) is 0 Å². The molecular formula is C12H22OSi. The lowest BCUT2D eigenvalue weighted by Gasteiger charge is -2.19. The topological polar surface area (TPSA) is 9.23 Å². The van der Waals surface area contributed by atoms with Gasteiger partial charge in [0.25, 0.3) is 0 Å². The Morgan fingerprint density at radius 2 is 1.64 bits per heavy atom. The van der Waals surface area contributed by atoms with Gasteiger partial charge >= 0.3 is 0 Å². The Labute approximate surface area is 88.5 Å². The predicted molar refractivity (Wildman–Crippen MR) is 62.8 cm³/mol. The first-order valence-corrected chi connectivity index (χ1v) is 9.34. The van der Waals surface area contributed by atoms with Crippen LogP contribution < -0.4 is 0 Å². The van der Waals surface area contributed by atoms with Crippen LogP contribution in [-0.4, -0.2) is 15.2 Å². The molecule has 2 unspecified atom stereocenters. The van der Waals surface area contributed by atoms with E-state index >= 15 is 0 Å². The van der Waals surface area contributed by atoms with E-state index in [1.807, 2.05) is 7.11 Å². The summed E-state index contributed by atoms with van der Waals surface area (Å²) in [6.45, 7) is 7.18. The Kier molecular flexibility index (Phi) is 2.50. The number of allylic oxidation sites excluding steroid dienone is 1. The Balaban J connectivity index is 2.22. The third-order valence-corrected chi connectivity index (χ3v) is 5.46. The van der Waals surface area contributed by atoms with Gasteiger partial charge in [-0.05, 0) is 30.3 Å². The molecule has 0 N–H and O–H groups in total. The van der Waals surface area contributed by atoms with Gasteiger partial charge in [0.05, 0.1) is 12.5 Å². The van der Waals surface area contributed by atoms with Crippen LogP contribution in [0.15, 0.2) is 11.0 Å². The third-order valence-electron chi connectivity index (χ3n) is 3.60. The van der Waals surface area contributed by atoms with Gasteiger partial charge in [0, 0.05) is 0 Å². The van der Waals surface area contributed by atoms with E-state index in [1.54, 1.807) is 5.57 Å². The van der Waals surface area contributed by atoms with Crippen molar-refractivity contribution in [1.82, 2.24) is 0 Å². The van der Waals surface area contributed by atoms with Crippen molar-refractivity contribution >= 4 is 8.07 Å². The molecule has 2 atom stereocenters. The average Bonchev–Trinajstić information content (AvgIpc) is 2.79. The van der Waals surface area contributed by atoms with E-state index in [2.05, 4.69) is 19.6 Å².